The third-order valence-electron chi connectivity index (χ3n) is 2.90. The Kier molecular flexibility index (Phi) is 1.91. The predicted molar refractivity (Wildman–Crippen MR) is 69.4 cm³/mol. The maximum absolute atomic E-state index is 5.51. The Morgan fingerprint density at radius 3 is 2.19 bits per heavy atom. The fourth-order valence-electron chi connectivity index (χ4n) is 2.09. The maximum atomic E-state index is 5.51. The SMILES string of the molecule is C#Cc1cccc2cc3ccccc3cc12. The van der Waals surface area contributed by atoms with Gasteiger partial charge in [0.05, 0.1) is 0 Å². The second-order valence-electron chi connectivity index (χ2n) is 3.87. The lowest BCUT2D eigenvalue weighted by Gasteiger charge is -2.03. The molecule has 0 aliphatic heterocycles. The molecule has 0 N–H and O–H groups in total. The van der Waals surface area contributed by atoms with E-state index in [0.717, 1.165) is 10.9 Å². The molecule has 3 rings (SSSR count). The number of rotatable bonds is 0. The maximum Gasteiger partial charge on any atom is 0.0321 e. The van der Waals surface area contributed by atoms with Crippen LogP contribution in [0.15, 0.2) is 54.6 Å². The molecule has 0 bridgehead atoms. The molecule has 0 saturated heterocycles. The molecule has 16 heavy (non-hydrogen) atoms. The molecule has 0 radical (unpaired) electrons. The van der Waals surface area contributed by atoms with Gasteiger partial charge in [0, 0.05) is 5.56 Å². The van der Waals surface area contributed by atoms with Gasteiger partial charge < -0.3 is 0 Å². The Morgan fingerprint density at radius 1 is 0.750 bits per heavy atom. The van der Waals surface area contributed by atoms with Crippen LogP contribution in [0.2, 0.25) is 0 Å². The average molecular weight is 202 g/mol. The van der Waals surface area contributed by atoms with Crippen LogP contribution in [0.25, 0.3) is 21.5 Å². The van der Waals surface area contributed by atoms with Gasteiger partial charge in [-0.1, -0.05) is 42.3 Å². The fraction of sp³-hybridized carbons (Fsp3) is 0. The van der Waals surface area contributed by atoms with Crippen LogP contribution in [0.4, 0.5) is 0 Å². The zero-order valence-electron chi connectivity index (χ0n) is 8.77. The summed E-state index contributed by atoms with van der Waals surface area (Å²) in [5, 5.41) is 4.85. The van der Waals surface area contributed by atoms with E-state index in [1.54, 1.807) is 0 Å². The lowest BCUT2D eigenvalue weighted by molar-refractivity contribution is 1.72. The topological polar surface area (TPSA) is 0 Å². The Labute approximate surface area is 94.5 Å². The summed E-state index contributed by atoms with van der Waals surface area (Å²) in [5.74, 6) is 2.73. The third-order valence-corrected chi connectivity index (χ3v) is 2.90. The standard InChI is InChI=1S/C16H10/c1-2-12-8-5-9-15-10-13-6-3-4-7-14(13)11-16(12)15/h1,3-11H. The molecule has 0 spiro atoms. The molecule has 0 aliphatic carbocycles. The zero-order valence-corrected chi connectivity index (χ0v) is 8.77. The fourth-order valence-corrected chi connectivity index (χ4v) is 2.09. The summed E-state index contributed by atoms with van der Waals surface area (Å²) in [5.41, 5.74) is 0.961. The molecule has 0 aromatic heterocycles. The van der Waals surface area contributed by atoms with Crippen molar-refractivity contribution in [1.29, 1.82) is 0 Å². The highest BCUT2D eigenvalue weighted by Crippen LogP contribution is 2.24. The first-order valence-electron chi connectivity index (χ1n) is 5.26. The first-order valence-corrected chi connectivity index (χ1v) is 5.26. The Hall–Kier alpha value is -2.26. The minimum atomic E-state index is 0.961. The molecule has 0 amide bonds. The molecular weight excluding hydrogens is 192 g/mol. The van der Waals surface area contributed by atoms with Gasteiger partial charge in [-0.2, -0.15) is 0 Å². The van der Waals surface area contributed by atoms with Crippen molar-refractivity contribution in [1.82, 2.24) is 0 Å². The molecule has 3 aromatic rings. The summed E-state index contributed by atoms with van der Waals surface area (Å²) in [6.07, 6.45) is 5.51. The number of terminal acetylenes is 1. The van der Waals surface area contributed by atoms with Gasteiger partial charge >= 0.3 is 0 Å². The first-order chi connectivity index (χ1) is 7.88. The molecule has 0 heteroatoms. The smallest absolute Gasteiger partial charge is 0.0321 e. The van der Waals surface area contributed by atoms with Crippen molar-refractivity contribution in [3.63, 3.8) is 0 Å². The summed E-state index contributed by atoms with van der Waals surface area (Å²) in [4.78, 5) is 0. The zero-order chi connectivity index (χ0) is 11.0. The summed E-state index contributed by atoms with van der Waals surface area (Å²) in [7, 11) is 0. The van der Waals surface area contributed by atoms with E-state index in [-0.39, 0.29) is 0 Å². The van der Waals surface area contributed by atoms with Gasteiger partial charge in [0.1, 0.15) is 0 Å². The molecule has 0 aliphatic rings. The molecule has 3 aromatic carbocycles. The number of benzene rings is 3. The van der Waals surface area contributed by atoms with Crippen molar-refractivity contribution in [2.45, 2.75) is 0 Å². The van der Waals surface area contributed by atoms with E-state index in [1.807, 2.05) is 18.2 Å². The highest BCUT2D eigenvalue weighted by atomic mass is 14.0. The molecule has 0 atom stereocenters. The van der Waals surface area contributed by atoms with Gasteiger partial charge in [0.2, 0.25) is 0 Å². The van der Waals surface area contributed by atoms with Crippen molar-refractivity contribution < 1.29 is 0 Å². The summed E-state index contributed by atoms with van der Waals surface area (Å²) in [6.45, 7) is 0. The quantitative estimate of drug-likeness (QED) is 0.382. The van der Waals surface area contributed by atoms with Crippen molar-refractivity contribution in [2.24, 2.45) is 0 Å². The van der Waals surface area contributed by atoms with E-state index in [1.165, 1.54) is 16.2 Å². The normalized spacial score (nSPS) is 10.4. The Balaban J connectivity index is 2.52. The van der Waals surface area contributed by atoms with Crippen molar-refractivity contribution in [2.75, 3.05) is 0 Å². The van der Waals surface area contributed by atoms with Gasteiger partial charge in [-0.05, 0) is 39.7 Å². The van der Waals surface area contributed by atoms with Crippen molar-refractivity contribution in [3.8, 4) is 12.3 Å². The Morgan fingerprint density at radius 2 is 1.44 bits per heavy atom. The van der Waals surface area contributed by atoms with Crippen LogP contribution >= 0.6 is 0 Å². The van der Waals surface area contributed by atoms with Gasteiger partial charge in [0.25, 0.3) is 0 Å². The lowest BCUT2D eigenvalue weighted by Crippen LogP contribution is -1.80. The average Bonchev–Trinajstić information content (AvgIpc) is 2.35. The molecule has 0 saturated carbocycles. The number of hydrogen-bond acceptors (Lipinski definition) is 0. The lowest BCUT2D eigenvalue weighted by atomic mass is 10.0. The van der Waals surface area contributed by atoms with Gasteiger partial charge in [-0.3, -0.25) is 0 Å². The Bertz CT molecular complexity index is 715. The number of fused-ring (bicyclic) bond motifs is 2. The van der Waals surface area contributed by atoms with Gasteiger partial charge in [0.15, 0.2) is 0 Å². The van der Waals surface area contributed by atoms with Gasteiger partial charge in [-0.25, -0.2) is 0 Å². The van der Waals surface area contributed by atoms with E-state index in [4.69, 9.17) is 6.42 Å². The van der Waals surface area contributed by atoms with Crippen LogP contribution < -0.4 is 0 Å². The number of hydrogen-bond donors (Lipinski definition) is 0. The highest BCUT2D eigenvalue weighted by Gasteiger charge is 2.00. The minimum Gasteiger partial charge on any atom is -0.115 e. The van der Waals surface area contributed by atoms with Gasteiger partial charge in [-0.15, -0.1) is 6.42 Å². The molecule has 0 nitrogen and oxygen atoms in total. The van der Waals surface area contributed by atoms with Crippen LogP contribution in [-0.4, -0.2) is 0 Å². The van der Waals surface area contributed by atoms with Crippen LogP contribution in [0.3, 0.4) is 0 Å². The van der Waals surface area contributed by atoms with E-state index in [0.29, 0.717) is 0 Å². The highest BCUT2D eigenvalue weighted by molar-refractivity contribution is 6.00. The second-order valence-corrected chi connectivity index (χ2v) is 3.87. The van der Waals surface area contributed by atoms with Crippen molar-refractivity contribution in [3.05, 3.63) is 60.2 Å². The first kappa shape index (κ1) is 9.00. The predicted octanol–water partition coefficient (Wildman–Crippen LogP) is 3.97. The minimum absolute atomic E-state index is 0.961. The molecule has 0 fully saturated rings. The van der Waals surface area contributed by atoms with E-state index >= 15 is 0 Å². The summed E-state index contributed by atoms with van der Waals surface area (Å²) in [6, 6.07) is 18.8. The monoisotopic (exact) mass is 202 g/mol. The summed E-state index contributed by atoms with van der Waals surface area (Å²) >= 11 is 0. The molecular formula is C16H10. The second kappa shape index (κ2) is 3.40. The molecule has 0 unspecified atom stereocenters. The van der Waals surface area contributed by atoms with Crippen LogP contribution in [-0.2, 0) is 0 Å². The van der Waals surface area contributed by atoms with Crippen LogP contribution in [0, 0.1) is 12.3 Å². The van der Waals surface area contributed by atoms with E-state index in [2.05, 4.69) is 42.3 Å². The summed E-state index contributed by atoms with van der Waals surface area (Å²) < 4.78 is 0. The van der Waals surface area contributed by atoms with Crippen LogP contribution in [0.5, 0.6) is 0 Å². The van der Waals surface area contributed by atoms with Crippen molar-refractivity contribution >= 4 is 21.5 Å². The van der Waals surface area contributed by atoms with E-state index < -0.39 is 0 Å². The molecule has 0 heterocycles. The molecule has 74 valence electrons. The third kappa shape index (κ3) is 1.26. The van der Waals surface area contributed by atoms with E-state index in [9.17, 15) is 0 Å². The van der Waals surface area contributed by atoms with Crippen LogP contribution in [0.1, 0.15) is 5.56 Å². The largest absolute Gasteiger partial charge is 0.115 e.